The fourth-order valence-corrected chi connectivity index (χ4v) is 6.17. The Morgan fingerprint density at radius 2 is 0.930 bits per heavy atom. The van der Waals surface area contributed by atoms with Crippen molar-refractivity contribution in [3.05, 3.63) is 82.8 Å². The Morgan fingerprint density at radius 3 is 1.30 bits per heavy atom. The summed E-state index contributed by atoms with van der Waals surface area (Å²) in [7, 11) is 0. The molecule has 0 unspecified atom stereocenters. The molecule has 3 aromatic rings. The van der Waals surface area contributed by atoms with E-state index < -0.39 is 5.92 Å². The zero-order chi connectivity index (χ0) is 29.8. The first kappa shape index (κ1) is 37.8. The second-order valence-electron chi connectivity index (χ2n) is 12.3. The minimum Gasteiger partial charge on any atom is -0.872 e. The molecule has 0 atom stereocenters. The van der Waals surface area contributed by atoms with Crippen LogP contribution >= 0.6 is 0 Å². The van der Waals surface area contributed by atoms with E-state index in [0.717, 1.165) is 25.7 Å². The largest absolute Gasteiger partial charge is 2.00 e. The standard InChI is InChI=1S/C39H58O3.Ca/c1-3-5-7-9-11-13-15-17-19-22-32-25-27-36(40)34(30-32)39(38-24-21-29-42-38)35-31-33(26-28-37(35)41)23-20-18-16-14-12-10-8-6-4-2;/h21,24-31,39-41H,3-20,22-23H2,1-2H3;/q;+2/p-2. The van der Waals surface area contributed by atoms with E-state index in [4.69, 9.17) is 4.42 Å². The number of furan rings is 1. The van der Waals surface area contributed by atoms with E-state index in [9.17, 15) is 10.2 Å². The molecule has 0 aliphatic rings. The number of benzene rings is 2. The molecule has 0 saturated carbocycles. The SMILES string of the molecule is CCCCCCCCCCCc1ccc([O-])c(C(c2ccco2)c2cc(CCCCCCCCCCC)ccc2[O-])c1.[Ca+2]. The third-order valence-corrected chi connectivity index (χ3v) is 8.74. The summed E-state index contributed by atoms with van der Waals surface area (Å²) < 4.78 is 5.84. The first-order valence-corrected chi connectivity index (χ1v) is 17.3. The van der Waals surface area contributed by atoms with Crippen molar-refractivity contribution in [2.75, 3.05) is 0 Å². The summed E-state index contributed by atoms with van der Waals surface area (Å²) in [4.78, 5) is 0. The van der Waals surface area contributed by atoms with Crippen LogP contribution in [0.15, 0.2) is 59.2 Å². The second kappa shape index (κ2) is 23.0. The van der Waals surface area contributed by atoms with E-state index in [1.165, 1.54) is 114 Å². The summed E-state index contributed by atoms with van der Waals surface area (Å²) in [6.45, 7) is 4.52. The topological polar surface area (TPSA) is 59.3 Å². The van der Waals surface area contributed by atoms with Crippen LogP contribution in [-0.2, 0) is 12.8 Å². The van der Waals surface area contributed by atoms with Crippen molar-refractivity contribution in [2.24, 2.45) is 0 Å². The maximum Gasteiger partial charge on any atom is 2.00 e. The van der Waals surface area contributed by atoms with Gasteiger partial charge in [-0.05, 0) is 60.1 Å². The Morgan fingerprint density at radius 1 is 0.535 bits per heavy atom. The zero-order valence-electron chi connectivity index (χ0n) is 27.3. The molecule has 2 aromatic carbocycles. The van der Waals surface area contributed by atoms with E-state index in [0.29, 0.717) is 16.9 Å². The van der Waals surface area contributed by atoms with Crippen LogP contribution in [0.2, 0.25) is 0 Å². The molecule has 0 amide bonds. The fraction of sp³-hybridized carbons (Fsp3) is 0.590. The van der Waals surface area contributed by atoms with Crippen LogP contribution in [0.25, 0.3) is 0 Å². The summed E-state index contributed by atoms with van der Waals surface area (Å²) in [6.07, 6.45) is 26.9. The van der Waals surface area contributed by atoms with Crippen LogP contribution in [0.1, 0.15) is 163 Å². The second-order valence-corrected chi connectivity index (χ2v) is 12.3. The molecule has 0 aliphatic heterocycles. The van der Waals surface area contributed by atoms with E-state index in [2.05, 4.69) is 13.8 Å². The molecule has 0 bridgehead atoms. The fourth-order valence-electron chi connectivity index (χ4n) is 6.17. The molecule has 232 valence electrons. The van der Waals surface area contributed by atoms with Crippen LogP contribution in [0.5, 0.6) is 11.5 Å². The Kier molecular flexibility index (Phi) is 20.2. The molecular weight excluding hydrogens is 557 g/mol. The molecule has 0 N–H and O–H groups in total. The molecule has 3 rings (SSSR count). The Bertz CT molecular complexity index is 1040. The van der Waals surface area contributed by atoms with Crippen molar-refractivity contribution in [3.8, 4) is 11.5 Å². The monoisotopic (exact) mass is 612 g/mol. The normalized spacial score (nSPS) is 11.2. The van der Waals surface area contributed by atoms with Crippen LogP contribution in [0.4, 0.5) is 0 Å². The summed E-state index contributed by atoms with van der Waals surface area (Å²) >= 11 is 0. The molecule has 0 aliphatic carbocycles. The molecule has 43 heavy (non-hydrogen) atoms. The molecule has 1 aromatic heterocycles. The molecule has 4 heteroatoms. The van der Waals surface area contributed by atoms with E-state index >= 15 is 0 Å². The summed E-state index contributed by atoms with van der Waals surface area (Å²) in [5.74, 6) is 0.114. The van der Waals surface area contributed by atoms with E-state index in [-0.39, 0.29) is 49.2 Å². The number of hydrogen-bond acceptors (Lipinski definition) is 3. The average molecular weight is 613 g/mol. The predicted octanol–water partition coefficient (Wildman–Crippen LogP) is 10.4. The van der Waals surface area contributed by atoms with Gasteiger partial charge >= 0.3 is 37.7 Å². The van der Waals surface area contributed by atoms with Gasteiger partial charge in [-0.15, -0.1) is 11.5 Å². The Labute approximate surface area is 292 Å². The molecule has 3 nitrogen and oxygen atoms in total. The molecule has 0 spiro atoms. The van der Waals surface area contributed by atoms with E-state index in [1.807, 2.05) is 36.4 Å². The number of aryl methyl sites for hydroxylation is 2. The quantitative estimate of drug-likeness (QED) is 0.0791. The minimum absolute atomic E-state index is 0. The zero-order valence-corrected chi connectivity index (χ0v) is 29.6. The number of unbranched alkanes of at least 4 members (excludes halogenated alkanes) is 16. The summed E-state index contributed by atoms with van der Waals surface area (Å²) in [6, 6.07) is 15.1. The summed E-state index contributed by atoms with van der Waals surface area (Å²) in [5, 5.41) is 26.4. The smallest absolute Gasteiger partial charge is 0.872 e. The first-order chi connectivity index (χ1) is 20.6. The van der Waals surface area contributed by atoms with Gasteiger partial charge in [-0.25, -0.2) is 0 Å². The van der Waals surface area contributed by atoms with Gasteiger partial charge in [0.2, 0.25) is 0 Å². The van der Waals surface area contributed by atoms with Crippen LogP contribution in [-0.4, -0.2) is 37.7 Å². The molecule has 1 heterocycles. The van der Waals surface area contributed by atoms with Crippen molar-refractivity contribution in [1.29, 1.82) is 0 Å². The number of hydrogen-bond donors (Lipinski definition) is 0. The Balaban J connectivity index is 0.00000645. The van der Waals surface area contributed by atoms with Crippen molar-refractivity contribution >= 4 is 37.7 Å². The van der Waals surface area contributed by atoms with Crippen LogP contribution < -0.4 is 10.2 Å². The predicted molar refractivity (Wildman–Crippen MR) is 179 cm³/mol. The summed E-state index contributed by atoms with van der Waals surface area (Å²) in [5.41, 5.74) is 3.64. The first-order valence-electron chi connectivity index (χ1n) is 17.3. The van der Waals surface area contributed by atoms with Crippen molar-refractivity contribution in [1.82, 2.24) is 0 Å². The van der Waals surface area contributed by atoms with Gasteiger partial charge in [0.05, 0.1) is 12.2 Å². The van der Waals surface area contributed by atoms with Gasteiger partial charge in [0, 0.05) is 0 Å². The van der Waals surface area contributed by atoms with Gasteiger partial charge in [0.1, 0.15) is 5.76 Å². The minimum atomic E-state index is -0.480. The molecule has 0 fully saturated rings. The van der Waals surface area contributed by atoms with E-state index in [1.54, 1.807) is 18.4 Å². The molecule has 0 saturated heterocycles. The van der Waals surface area contributed by atoms with Crippen LogP contribution in [0.3, 0.4) is 0 Å². The average Bonchev–Trinajstić information content (AvgIpc) is 3.53. The maximum atomic E-state index is 13.2. The number of rotatable bonds is 23. The third-order valence-electron chi connectivity index (χ3n) is 8.74. The van der Waals surface area contributed by atoms with Crippen molar-refractivity contribution in [2.45, 2.75) is 148 Å². The van der Waals surface area contributed by atoms with Gasteiger partial charge in [-0.2, -0.15) is 0 Å². The van der Waals surface area contributed by atoms with Gasteiger partial charge < -0.3 is 14.6 Å². The van der Waals surface area contributed by atoms with Gasteiger partial charge in [0.15, 0.2) is 0 Å². The van der Waals surface area contributed by atoms with Gasteiger partial charge in [-0.1, -0.05) is 153 Å². The van der Waals surface area contributed by atoms with Gasteiger partial charge in [-0.3, -0.25) is 0 Å². The van der Waals surface area contributed by atoms with Crippen molar-refractivity contribution < 1.29 is 14.6 Å². The van der Waals surface area contributed by atoms with Crippen LogP contribution in [0, 0.1) is 0 Å². The maximum absolute atomic E-state index is 13.2. The third kappa shape index (κ3) is 14.0. The Hall–Kier alpha value is -1.42. The van der Waals surface area contributed by atoms with Gasteiger partial charge in [0.25, 0.3) is 0 Å². The van der Waals surface area contributed by atoms with Crippen molar-refractivity contribution in [3.63, 3.8) is 0 Å². The molecular formula is C39H56CaO3. The molecule has 0 radical (unpaired) electrons.